The maximum absolute atomic E-state index is 11.8. The number of fused-ring (bicyclic) bond motifs is 1. The van der Waals surface area contributed by atoms with E-state index >= 15 is 0 Å². The van der Waals surface area contributed by atoms with Crippen LogP contribution in [-0.4, -0.2) is 14.2 Å². The van der Waals surface area contributed by atoms with Crippen LogP contribution in [0, 0.1) is 0 Å². The lowest BCUT2D eigenvalue weighted by atomic mass is 9.74. The van der Waals surface area contributed by atoms with E-state index in [1.54, 1.807) is 13.0 Å². The molecule has 1 aliphatic heterocycles. The van der Waals surface area contributed by atoms with Crippen LogP contribution in [0.15, 0.2) is 42.5 Å². The third kappa shape index (κ3) is 3.93. The Morgan fingerprint density at radius 2 is 2.00 bits per heavy atom. The fraction of sp³-hybridized carbons (Fsp3) is 0.368. The van der Waals surface area contributed by atoms with E-state index in [1.165, 1.54) is 5.56 Å². The standard InChI is InChI=1S/C19H23ClN2O2S/c1-4-25(23,24)22-15-7-5-6-13(10-15)18-12-19(2,3)16-11-14(20)8-9-17(16)21-18/h5-11,18,21-22H,4,12H2,1-3H3. The lowest BCUT2D eigenvalue weighted by molar-refractivity contribution is 0.427. The molecular weight excluding hydrogens is 356 g/mol. The van der Waals surface area contributed by atoms with E-state index in [1.807, 2.05) is 36.4 Å². The summed E-state index contributed by atoms with van der Waals surface area (Å²) in [7, 11) is -3.28. The lowest BCUT2D eigenvalue weighted by Gasteiger charge is -2.39. The Kier molecular flexibility index (Phi) is 4.73. The van der Waals surface area contributed by atoms with Crippen molar-refractivity contribution in [3.63, 3.8) is 0 Å². The molecule has 0 saturated carbocycles. The zero-order valence-electron chi connectivity index (χ0n) is 14.6. The maximum Gasteiger partial charge on any atom is 0.232 e. The molecule has 0 amide bonds. The van der Waals surface area contributed by atoms with Crippen molar-refractivity contribution in [1.82, 2.24) is 0 Å². The van der Waals surface area contributed by atoms with Crippen LogP contribution in [-0.2, 0) is 15.4 Å². The molecule has 1 aliphatic rings. The second-order valence-corrected chi connectivity index (χ2v) is 9.55. The van der Waals surface area contributed by atoms with Gasteiger partial charge in [-0.05, 0) is 60.2 Å². The van der Waals surface area contributed by atoms with Gasteiger partial charge in [-0.3, -0.25) is 4.72 Å². The van der Waals surface area contributed by atoms with Crippen molar-refractivity contribution in [2.45, 2.75) is 38.6 Å². The predicted octanol–water partition coefficient (Wildman–Crippen LogP) is 4.94. The number of halogens is 1. The number of rotatable bonds is 4. The number of anilines is 2. The molecule has 0 spiro atoms. The maximum atomic E-state index is 11.8. The van der Waals surface area contributed by atoms with Crippen LogP contribution in [0.2, 0.25) is 5.02 Å². The molecule has 0 aromatic heterocycles. The van der Waals surface area contributed by atoms with Crippen LogP contribution in [0.25, 0.3) is 0 Å². The molecule has 0 fully saturated rings. The van der Waals surface area contributed by atoms with Gasteiger partial charge in [0.1, 0.15) is 0 Å². The molecule has 6 heteroatoms. The summed E-state index contributed by atoms with van der Waals surface area (Å²) < 4.78 is 26.3. The molecule has 4 nitrogen and oxygen atoms in total. The van der Waals surface area contributed by atoms with E-state index < -0.39 is 10.0 Å². The van der Waals surface area contributed by atoms with E-state index in [-0.39, 0.29) is 17.2 Å². The van der Waals surface area contributed by atoms with Gasteiger partial charge in [-0.2, -0.15) is 0 Å². The minimum atomic E-state index is -3.28. The number of sulfonamides is 1. The molecule has 134 valence electrons. The van der Waals surface area contributed by atoms with Crippen molar-refractivity contribution in [2.75, 3.05) is 15.8 Å². The highest BCUT2D eigenvalue weighted by Crippen LogP contribution is 2.45. The van der Waals surface area contributed by atoms with Crippen LogP contribution >= 0.6 is 11.6 Å². The minimum absolute atomic E-state index is 0.0327. The van der Waals surface area contributed by atoms with Crippen molar-refractivity contribution in [3.05, 3.63) is 58.6 Å². The Labute approximate surface area is 154 Å². The Bertz CT molecular complexity index is 894. The quantitative estimate of drug-likeness (QED) is 0.792. The van der Waals surface area contributed by atoms with Gasteiger partial charge >= 0.3 is 0 Å². The van der Waals surface area contributed by atoms with Gasteiger partial charge in [-0.25, -0.2) is 8.42 Å². The molecule has 2 aromatic rings. The smallest absolute Gasteiger partial charge is 0.232 e. The van der Waals surface area contributed by atoms with Crippen molar-refractivity contribution in [3.8, 4) is 0 Å². The van der Waals surface area contributed by atoms with Gasteiger partial charge in [0.25, 0.3) is 0 Å². The highest BCUT2D eigenvalue weighted by atomic mass is 35.5. The highest BCUT2D eigenvalue weighted by molar-refractivity contribution is 7.92. The Morgan fingerprint density at radius 1 is 1.24 bits per heavy atom. The summed E-state index contributed by atoms with van der Waals surface area (Å²) in [5, 5.41) is 4.30. The summed E-state index contributed by atoms with van der Waals surface area (Å²) in [6.07, 6.45) is 0.893. The van der Waals surface area contributed by atoms with Gasteiger partial charge in [-0.1, -0.05) is 37.6 Å². The number of hydrogen-bond donors (Lipinski definition) is 2. The van der Waals surface area contributed by atoms with E-state index in [0.717, 1.165) is 22.7 Å². The van der Waals surface area contributed by atoms with Crippen molar-refractivity contribution in [2.24, 2.45) is 0 Å². The van der Waals surface area contributed by atoms with Crippen LogP contribution in [0.5, 0.6) is 0 Å². The van der Waals surface area contributed by atoms with Gasteiger partial charge in [0.05, 0.1) is 11.8 Å². The number of nitrogens with one attached hydrogen (secondary N) is 2. The zero-order valence-corrected chi connectivity index (χ0v) is 16.2. The van der Waals surface area contributed by atoms with E-state index in [0.29, 0.717) is 5.69 Å². The summed E-state index contributed by atoms with van der Waals surface area (Å²) in [5.74, 6) is 0.0556. The molecule has 1 unspecified atom stereocenters. The third-order valence-electron chi connectivity index (χ3n) is 4.70. The number of hydrogen-bond acceptors (Lipinski definition) is 3. The normalized spacial score (nSPS) is 19.0. The average Bonchev–Trinajstić information content (AvgIpc) is 2.55. The molecule has 2 N–H and O–H groups in total. The first-order valence-corrected chi connectivity index (χ1v) is 10.4. The van der Waals surface area contributed by atoms with Gasteiger partial charge in [0.2, 0.25) is 10.0 Å². The van der Waals surface area contributed by atoms with Crippen LogP contribution < -0.4 is 10.0 Å². The fourth-order valence-electron chi connectivity index (χ4n) is 3.33. The first kappa shape index (κ1) is 18.1. The highest BCUT2D eigenvalue weighted by Gasteiger charge is 2.33. The topological polar surface area (TPSA) is 58.2 Å². The largest absolute Gasteiger partial charge is 0.378 e. The van der Waals surface area contributed by atoms with Crippen molar-refractivity contribution in [1.29, 1.82) is 0 Å². The lowest BCUT2D eigenvalue weighted by Crippen LogP contribution is -2.31. The van der Waals surface area contributed by atoms with Crippen LogP contribution in [0.1, 0.15) is 44.4 Å². The summed E-state index contributed by atoms with van der Waals surface area (Å²) in [4.78, 5) is 0. The van der Waals surface area contributed by atoms with Crippen molar-refractivity contribution >= 4 is 33.0 Å². The van der Waals surface area contributed by atoms with E-state index in [4.69, 9.17) is 11.6 Å². The Morgan fingerprint density at radius 3 is 2.72 bits per heavy atom. The molecular formula is C19H23ClN2O2S. The van der Waals surface area contributed by atoms with Gasteiger partial charge in [-0.15, -0.1) is 0 Å². The number of benzene rings is 2. The summed E-state index contributed by atoms with van der Waals surface area (Å²) in [6.45, 7) is 6.04. The zero-order chi connectivity index (χ0) is 18.2. The molecule has 0 bridgehead atoms. The predicted molar refractivity (Wildman–Crippen MR) is 105 cm³/mol. The summed E-state index contributed by atoms with van der Waals surface area (Å²) in [5.41, 5.74) is 3.91. The SMILES string of the molecule is CCS(=O)(=O)Nc1cccc(C2CC(C)(C)c3cc(Cl)ccc3N2)c1. The van der Waals surface area contributed by atoms with Gasteiger partial charge in [0.15, 0.2) is 0 Å². The van der Waals surface area contributed by atoms with Crippen LogP contribution in [0.3, 0.4) is 0 Å². The summed E-state index contributed by atoms with van der Waals surface area (Å²) in [6, 6.07) is 13.6. The third-order valence-corrected chi connectivity index (χ3v) is 6.24. The molecule has 1 heterocycles. The van der Waals surface area contributed by atoms with Crippen molar-refractivity contribution < 1.29 is 8.42 Å². The Hall–Kier alpha value is -1.72. The fourth-order valence-corrected chi connectivity index (χ4v) is 4.14. The average molecular weight is 379 g/mol. The second kappa shape index (κ2) is 6.54. The minimum Gasteiger partial charge on any atom is -0.378 e. The summed E-state index contributed by atoms with van der Waals surface area (Å²) >= 11 is 6.16. The second-order valence-electron chi connectivity index (χ2n) is 7.11. The Balaban J connectivity index is 1.92. The van der Waals surface area contributed by atoms with Gasteiger partial charge in [0, 0.05) is 16.4 Å². The van der Waals surface area contributed by atoms with E-state index in [9.17, 15) is 8.42 Å². The molecule has 0 radical (unpaired) electrons. The van der Waals surface area contributed by atoms with E-state index in [2.05, 4.69) is 23.9 Å². The first-order chi connectivity index (χ1) is 11.7. The monoisotopic (exact) mass is 378 g/mol. The molecule has 0 saturated heterocycles. The molecule has 2 aromatic carbocycles. The first-order valence-electron chi connectivity index (χ1n) is 8.37. The molecule has 3 rings (SSSR count). The molecule has 1 atom stereocenters. The molecule has 0 aliphatic carbocycles. The molecule has 25 heavy (non-hydrogen) atoms. The van der Waals surface area contributed by atoms with Gasteiger partial charge < -0.3 is 5.32 Å². The van der Waals surface area contributed by atoms with Crippen LogP contribution in [0.4, 0.5) is 11.4 Å².